The highest BCUT2D eigenvalue weighted by atomic mass is 33.1. The third-order valence-corrected chi connectivity index (χ3v) is 13.0. The summed E-state index contributed by atoms with van der Waals surface area (Å²) in [5, 5.41) is 3.71. The van der Waals surface area contributed by atoms with Crippen molar-refractivity contribution >= 4 is 54.7 Å². The fourth-order valence-corrected chi connectivity index (χ4v) is 8.80. The van der Waals surface area contributed by atoms with E-state index in [1.54, 1.807) is 0 Å². The molecule has 2 nitrogen and oxygen atoms in total. The Balaban J connectivity index is 3.93. The van der Waals surface area contributed by atoms with Crippen molar-refractivity contribution in [3.63, 3.8) is 0 Å². The first-order chi connectivity index (χ1) is 22.9. The normalized spacial score (nSPS) is 12.7. The quantitative estimate of drug-likeness (QED) is 0.0380. The molecule has 6 heteroatoms. The van der Waals surface area contributed by atoms with E-state index in [1.807, 2.05) is 0 Å². The van der Waals surface area contributed by atoms with Crippen LogP contribution < -0.4 is 11.1 Å². The molecule has 0 bridgehead atoms. The smallest absolute Gasteiger partial charge is 0.145 e. The average Bonchev–Trinajstić information content (AvgIpc) is 3.05. The molecule has 47 heavy (non-hydrogen) atoms. The van der Waals surface area contributed by atoms with Crippen LogP contribution in [0.25, 0.3) is 0 Å². The van der Waals surface area contributed by atoms with Crippen molar-refractivity contribution in [2.75, 3.05) is 0 Å². The van der Waals surface area contributed by atoms with Gasteiger partial charge in [0.15, 0.2) is 0 Å². The summed E-state index contributed by atoms with van der Waals surface area (Å²) in [4.78, 5) is 0. The first-order valence-corrected chi connectivity index (χ1v) is 23.9. The molecule has 0 aromatic carbocycles. The summed E-state index contributed by atoms with van der Waals surface area (Å²) in [5.41, 5.74) is 5.78. The van der Waals surface area contributed by atoms with Gasteiger partial charge in [0.1, 0.15) is 8.64 Å². The number of hydrogen-bond donors (Lipinski definition) is 2. The molecule has 0 spiro atoms. The van der Waals surface area contributed by atoms with E-state index < -0.39 is 0 Å². The van der Waals surface area contributed by atoms with Gasteiger partial charge in [0, 0.05) is 5.54 Å². The van der Waals surface area contributed by atoms with Crippen LogP contribution in [0.15, 0.2) is 0 Å². The molecule has 0 heterocycles. The number of nitrogens with one attached hydrogen (secondary N) is 1. The molecule has 0 aromatic rings. The third kappa shape index (κ3) is 37.6. The predicted octanol–water partition coefficient (Wildman–Crippen LogP) is 15.9. The summed E-state index contributed by atoms with van der Waals surface area (Å²) in [6.07, 6.45) is 49.2. The molecule has 0 aliphatic heterocycles. The van der Waals surface area contributed by atoms with Gasteiger partial charge in [-0.3, -0.25) is 0 Å². The van der Waals surface area contributed by atoms with Gasteiger partial charge in [-0.05, 0) is 41.4 Å². The van der Waals surface area contributed by atoms with Crippen LogP contribution in [0.2, 0.25) is 0 Å². The fourth-order valence-electron chi connectivity index (χ4n) is 6.90. The SMILES string of the molecule is CCCCCCCCCCCCCCCCCCCC(C)(CCCCCCCCCCCCCCCCCC)NC(=S)SSC(N)=S. The van der Waals surface area contributed by atoms with Gasteiger partial charge in [-0.2, -0.15) is 0 Å². The van der Waals surface area contributed by atoms with E-state index in [-0.39, 0.29) is 5.54 Å². The van der Waals surface area contributed by atoms with Crippen molar-refractivity contribution < 1.29 is 0 Å². The predicted molar refractivity (Wildman–Crippen MR) is 229 cm³/mol. The van der Waals surface area contributed by atoms with Crippen LogP contribution in [0, 0.1) is 0 Å². The standard InChI is InChI=1S/C41H82N2S4/c1-4-6-8-10-12-14-16-18-20-22-24-26-28-30-32-34-36-38-41(3,43-40(45)47-46-39(42)44)37-35-33-31-29-27-25-23-21-19-17-15-13-11-9-7-5-2/h4-38H2,1-3H3,(H2,42,44)(H,43,45). The van der Waals surface area contributed by atoms with Gasteiger partial charge in [0.25, 0.3) is 0 Å². The molecule has 0 saturated heterocycles. The van der Waals surface area contributed by atoms with E-state index >= 15 is 0 Å². The van der Waals surface area contributed by atoms with Crippen molar-refractivity contribution in [2.24, 2.45) is 5.73 Å². The Morgan fingerprint density at radius 3 is 0.894 bits per heavy atom. The highest BCUT2D eigenvalue weighted by Crippen LogP contribution is 2.28. The number of nitrogens with two attached hydrogens (primary N) is 1. The summed E-state index contributed by atoms with van der Waals surface area (Å²) in [5.74, 6) is 0. The number of unbranched alkanes of at least 4 members (excludes halogenated alkanes) is 31. The molecule has 0 radical (unpaired) electrons. The zero-order chi connectivity index (χ0) is 34.5. The van der Waals surface area contributed by atoms with Crippen molar-refractivity contribution in [1.29, 1.82) is 0 Å². The summed E-state index contributed by atoms with van der Waals surface area (Å²) >= 11 is 10.7. The van der Waals surface area contributed by atoms with Crippen LogP contribution in [-0.4, -0.2) is 14.2 Å². The highest BCUT2D eigenvalue weighted by Gasteiger charge is 2.24. The topological polar surface area (TPSA) is 38.0 Å². The lowest BCUT2D eigenvalue weighted by Crippen LogP contribution is -2.44. The zero-order valence-corrected chi connectivity index (χ0v) is 35.2. The average molecular weight is 731 g/mol. The lowest BCUT2D eigenvalue weighted by molar-refractivity contribution is 0.331. The molecule has 0 fully saturated rings. The molecular weight excluding hydrogens is 649 g/mol. The maximum absolute atomic E-state index is 5.70. The maximum Gasteiger partial charge on any atom is 0.145 e. The first-order valence-electron chi connectivity index (χ1n) is 20.9. The molecule has 0 amide bonds. The third-order valence-electron chi connectivity index (χ3n) is 10.0. The van der Waals surface area contributed by atoms with E-state index in [9.17, 15) is 0 Å². The Hall–Kier alpha value is 0.480. The zero-order valence-electron chi connectivity index (χ0n) is 32.0. The van der Waals surface area contributed by atoms with Gasteiger partial charge in [0.05, 0.1) is 0 Å². The van der Waals surface area contributed by atoms with Gasteiger partial charge in [-0.1, -0.05) is 250 Å². The molecule has 280 valence electrons. The van der Waals surface area contributed by atoms with Crippen LogP contribution in [-0.2, 0) is 0 Å². The first kappa shape index (κ1) is 47.5. The monoisotopic (exact) mass is 731 g/mol. The van der Waals surface area contributed by atoms with Gasteiger partial charge in [0.2, 0.25) is 0 Å². The van der Waals surface area contributed by atoms with Crippen LogP contribution >= 0.6 is 46.0 Å². The van der Waals surface area contributed by atoms with Crippen molar-refractivity contribution in [1.82, 2.24) is 5.32 Å². The fraction of sp³-hybridized carbons (Fsp3) is 0.951. The second kappa shape index (κ2) is 37.7. The number of hydrogen-bond acceptors (Lipinski definition) is 4. The molecule has 0 aliphatic carbocycles. The number of thiocarbonyl (C=S) groups is 2. The Labute approximate surface area is 315 Å². The largest absolute Gasteiger partial charge is 0.384 e. The second-order valence-electron chi connectivity index (χ2n) is 14.9. The van der Waals surface area contributed by atoms with Crippen LogP contribution in [0.1, 0.15) is 245 Å². The second-order valence-corrected chi connectivity index (χ2v) is 18.5. The molecule has 3 N–H and O–H groups in total. The van der Waals surface area contributed by atoms with Crippen molar-refractivity contribution in [2.45, 2.75) is 251 Å². The molecule has 1 atom stereocenters. The van der Waals surface area contributed by atoms with E-state index in [0.29, 0.717) is 4.32 Å². The summed E-state index contributed by atoms with van der Waals surface area (Å²) in [6, 6.07) is 0. The minimum atomic E-state index is 0.0758. The minimum Gasteiger partial charge on any atom is -0.384 e. The lowest BCUT2D eigenvalue weighted by atomic mass is 9.88. The highest BCUT2D eigenvalue weighted by molar-refractivity contribution is 8.89. The van der Waals surface area contributed by atoms with Gasteiger partial charge in [-0.25, -0.2) is 0 Å². The van der Waals surface area contributed by atoms with E-state index in [1.165, 1.54) is 246 Å². The summed E-state index contributed by atoms with van der Waals surface area (Å²) in [7, 11) is 2.91. The summed E-state index contributed by atoms with van der Waals surface area (Å²) < 4.78 is 1.28. The Morgan fingerprint density at radius 2 is 0.660 bits per heavy atom. The summed E-state index contributed by atoms with van der Waals surface area (Å²) in [6.45, 7) is 6.99. The Bertz CT molecular complexity index is 674. The van der Waals surface area contributed by atoms with Gasteiger partial charge < -0.3 is 11.1 Å². The Kier molecular flexibility index (Phi) is 38.1. The Morgan fingerprint density at radius 1 is 0.426 bits per heavy atom. The lowest BCUT2D eigenvalue weighted by Gasteiger charge is -2.32. The van der Waals surface area contributed by atoms with Crippen LogP contribution in [0.5, 0.6) is 0 Å². The van der Waals surface area contributed by atoms with Crippen molar-refractivity contribution in [3.05, 3.63) is 0 Å². The van der Waals surface area contributed by atoms with Gasteiger partial charge in [-0.15, -0.1) is 0 Å². The molecule has 1 unspecified atom stereocenters. The van der Waals surface area contributed by atoms with Gasteiger partial charge >= 0.3 is 0 Å². The molecule has 0 aliphatic rings. The molecule has 0 rings (SSSR count). The van der Waals surface area contributed by atoms with E-state index in [0.717, 1.165) is 4.32 Å². The maximum atomic E-state index is 5.70. The van der Waals surface area contributed by atoms with Crippen LogP contribution in [0.4, 0.5) is 0 Å². The molecular formula is C41H82N2S4. The minimum absolute atomic E-state index is 0.0758. The van der Waals surface area contributed by atoms with Crippen LogP contribution in [0.3, 0.4) is 0 Å². The van der Waals surface area contributed by atoms with Crippen molar-refractivity contribution in [3.8, 4) is 0 Å². The van der Waals surface area contributed by atoms with E-state index in [4.69, 9.17) is 30.2 Å². The molecule has 0 saturated carbocycles. The number of rotatable bonds is 36. The molecule has 0 aromatic heterocycles. The van der Waals surface area contributed by atoms with E-state index in [2.05, 4.69) is 26.1 Å².